The summed E-state index contributed by atoms with van der Waals surface area (Å²) in [7, 11) is 1.57. The number of rotatable bonds is 9. The number of hydrogen-bond donors (Lipinski definition) is 1. The molecule has 5 heteroatoms. The predicted molar refractivity (Wildman–Crippen MR) is 128 cm³/mol. The summed E-state index contributed by atoms with van der Waals surface area (Å²) in [5, 5.41) is 8.89. The highest BCUT2D eigenvalue weighted by molar-refractivity contribution is 5.70. The van der Waals surface area contributed by atoms with Crippen molar-refractivity contribution in [3.8, 4) is 22.6 Å². The van der Waals surface area contributed by atoms with Crippen LogP contribution in [0.4, 0.5) is 4.39 Å². The van der Waals surface area contributed by atoms with Crippen LogP contribution in [-0.2, 0) is 24.2 Å². The van der Waals surface area contributed by atoms with E-state index in [4.69, 9.17) is 14.6 Å². The zero-order valence-corrected chi connectivity index (χ0v) is 19.7. The van der Waals surface area contributed by atoms with Crippen LogP contribution in [-0.4, -0.2) is 18.2 Å². The molecule has 4 nitrogen and oxygen atoms in total. The molecule has 3 aromatic rings. The number of aliphatic carboxylic acids is 1. The topological polar surface area (TPSA) is 55.8 Å². The average molecular weight is 451 g/mol. The van der Waals surface area contributed by atoms with Crippen molar-refractivity contribution in [2.75, 3.05) is 7.11 Å². The van der Waals surface area contributed by atoms with Crippen molar-refractivity contribution in [2.45, 2.75) is 46.6 Å². The second kappa shape index (κ2) is 10.5. The Kier molecular flexibility index (Phi) is 7.75. The molecule has 0 heterocycles. The Balaban J connectivity index is 1.85. The Labute approximate surface area is 195 Å². The molecule has 0 atom stereocenters. The highest BCUT2D eigenvalue weighted by Crippen LogP contribution is 2.34. The average Bonchev–Trinajstić information content (AvgIpc) is 2.76. The van der Waals surface area contributed by atoms with Gasteiger partial charge in [-0.3, -0.25) is 4.79 Å². The predicted octanol–water partition coefficient (Wildman–Crippen LogP) is 6.69. The summed E-state index contributed by atoms with van der Waals surface area (Å²) in [6, 6.07) is 18.3. The van der Waals surface area contributed by atoms with E-state index in [0.717, 1.165) is 28.7 Å². The van der Waals surface area contributed by atoms with Gasteiger partial charge in [0, 0.05) is 12.0 Å². The Morgan fingerprint density at radius 1 is 0.939 bits per heavy atom. The summed E-state index contributed by atoms with van der Waals surface area (Å²) < 4.78 is 26.0. The monoisotopic (exact) mass is 450 g/mol. The molecule has 0 fully saturated rings. The Morgan fingerprint density at radius 2 is 1.73 bits per heavy atom. The smallest absolute Gasteiger partial charge is 0.303 e. The molecule has 0 amide bonds. The summed E-state index contributed by atoms with van der Waals surface area (Å²) in [5.74, 6) is 0.204. The Morgan fingerprint density at radius 3 is 2.42 bits per heavy atom. The molecule has 1 N–H and O–H groups in total. The van der Waals surface area contributed by atoms with Crippen molar-refractivity contribution in [2.24, 2.45) is 5.41 Å². The van der Waals surface area contributed by atoms with E-state index in [9.17, 15) is 9.18 Å². The number of methoxy groups -OCH3 is 1. The van der Waals surface area contributed by atoms with Gasteiger partial charge in [-0.2, -0.15) is 0 Å². The number of ether oxygens (including phenoxy) is 2. The van der Waals surface area contributed by atoms with Gasteiger partial charge in [-0.15, -0.1) is 0 Å². The lowest BCUT2D eigenvalue weighted by molar-refractivity contribution is -0.136. The van der Waals surface area contributed by atoms with Gasteiger partial charge in [0.2, 0.25) is 0 Å². The maximum Gasteiger partial charge on any atom is 0.303 e. The van der Waals surface area contributed by atoms with Crippen LogP contribution in [0.3, 0.4) is 0 Å². The van der Waals surface area contributed by atoms with Gasteiger partial charge in [-0.1, -0.05) is 51.1 Å². The fraction of sp³-hybridized carbons (Fsp3) is 0.321. The first kappa shape index (κ1) is 24.3. The van der Waals surface area contributed by atoms with E-state index in [1.165, 1.54) is 6.07 Å². The van der Waals surface area contributed by atoms with Gasteiger partial charge in [0.15, 0.2) is 0 Å². The van der Waals surface area contributed by atoms with Crippen LogP contribution in [0.25, 0.3) is 11.1 Å². The van der Waals surface area contributed by atoms with Crippen LogP contribution >= 0.6 is 0 Å². The summed E-state index contributed by atoms with van der Waals surface area (Å²) in [4.78, 5) is 10.8. The van der Waals surface area contributed by atoms with E-state index >= 15 is 0 Å². The van der Waals surface area contributed by atoms with Gasteiger partial charge in [-0.25, -0.2) is 4.39 Å². The molecule has 0 bridgehead atoms. The molecular weight excluding hydrogens is 419 g/mol. The second-order valence-electron chi connectivity index (χ2n) is 9.40. The standard InChI is InChI=1S/C28H31FO4/c1-28(2,3)17-21-14-20(8-11-24(21)25-16-22(32-4)10-12-26(25)29)18-33-23-7-5-6-19(15-23)9-13-27(30)31/h5-8,10-12,14-16H,9,13,17-18H2,1-4H3,(H,30,31). The zero-order chi connectivity index (χ0) is 24.0. The van der Waals surface area contributed by atoms with Gasteiger partial charge >= 0.3 is 5.97 Å². The number of carbonyl (C=O) groups is 1. The van der Waals surface area contributed by atoms with Gasteiger partial charge in [0.1, 0.15) is 23.9 Å². The van der Waals surface area contributed by atoms with Crippen LogP contribution in [0, 0.1) is 11.2 Å². The number of hydrogen-bond acceptors (Lipinski definition) is 3. The van der Waals surface area contributed by atoms with E-state index in [1.54, 1.807) is 19.2 Å². The molecule has 174 valence electrons. The lowest BCUT2D eigenvalue weighted by Gasteiger charge is -2.22. The maximum absolute atomic E-state index is 14.7. The first-order valence-electron chi connectivity index (χ1n) is 11.0. The lowest BCUT2D eigenvalue weighted by atomic mass is 9.84. The van der Waals surface area contributed by atoms with Crippen molar-refractivity contribution < 1.29 is 23.8 Å². The van der Waals surface area contributed by atoms with Crippen molar-refractivity contribution >= 4 is 5.97 Å². The SMILES string of the molecule is COc1ccc(F)c(-c2ccc(COc3cccc(CCC(=O)O)c3)cc2CC(C)(C)C)c1. The van der Waals surface area contributed by atoms with Gasteiger partial charge in [0.05, 0.1) is 7.11 Å². The van der Waals surface area contributed by atoms with E-state index < -0.39 is 5.97 Å². The number of benzene rings is 3. The molecule has 0 unspecified atom stereocenters. The second-order valence-corrected chi connectivity index (χ2v) is 9.40. The summed E-state index contributed by atoms with van der Waals surface area (Å²) in [5.41, 5.74) is 4.34. The van der Waals surface area contributed by atoms with Crippen molar-refractivity contribution in [1.82, 2.24) is 0 Å². The molecule has 0 spiro atoms. The minimum Gasteiger partial charge on any atom is -0.497 e. The van der Waals surface area contributed by atoms with Crippen molar-refractivity contribution in [3.63, 3.8) is 0 Å². The molecule has 0 aliphatic carbocycles. The molecule has 0 saturated heterocycles. The number of carboxylic acids is 1. The fourth-order valence-corrected chi connectivity index (χ4v) is 3.76. The van der Waals surface area contributed by atoms with E-state index in [2.05, 4.69) is 26.8 Å². The third-order valence-electron chi connectivity index (χ3n) is 5.29. The number of carboxylic acid groups (broad SMARTS) is 1. The molecule has 0 aliphatic heterocycles. The maximum atomic E-state index is 14.7. The highest BCUT2D eigenvalue weighted by atomic mass is 19.1. The first-order chi connectivity index (χ1) is 15.6. The molecule has 3 aromatic carbocycles. The number of halogens is 1. The van der Waals surface area contributed by atoms with Gasteiger partial charge in [-0.05, 0) is 70.8 Å². The molecule has 0 aliphatic rings. The van der Waals surface area contributed by atoms with Crippen molar-refractivity contribution in [3.05, 3.63) is 83.2 Å². The largest absolute Gasteiger partial charge is 0.497 e. The molecular formula is C28H31FO4. The highest BCUT2D eigenvalue weighted by Gasteiger charge is 2.18. The lowest BCUT2D eigenvalue weighted by Crippen LogP contribution is -2.11. The quantitative estimate of drug-likeness (QED) is 0.395. The molecule has 0 aromatic heterocycles. The molecule has 0 saturated carbocycles. The van der Waals surface area contributed by atoms with Gasteiger partial charge in [0.25, 0.3) is 0 Å². The van der Waals surface area contributed by atoms with Crippen LogP contribution in [0.2, 0.25) is 0 Å². The van der Waals surface area contributed by atoms with Crippen LogP contribution in [0.15, 0.2) is 60.7 Å². The Bertz CT molecular complexity index is 1120. The van der Waals surface area contributed by atoms with Crippen LogP contribution in [0.1, 0.15) is 43.9 Å². The first-order valence-corrected chi connectivity index (χ1v) is 11.0. The van der Waals surface area contributed by atoms with E-state index in [-0.39, 0.29) is 17.7 Å². The zero-order valence-electron chi connectivity index (χ0n) is 19.7. The fourth-order valence-electron chi connectivity index (χ4n) is 3.76. The third-order valence-corrected chi connectivity index (χ3v) is 5.29. The Hall–Kier alpha value is -3.34. The summed E-state index contributed by atoms with van der Waals surface area (Å²) >= 11 is 0. The minimum atomic E-state index is -0.819. The minimum absolute atomic E-state index is 0.0159. The molecule has 33 heavy (non-hydrogen) atoms. The van der Waals surface area contributed by atoms with Crippen LogP contribution < -0.4 is 9.47 Å². The molecule has 3 rings (SSSR count). The van der Waals surface area contributed by atoms with Gasteiger partial charge < -0.3 is 14.6 Å². The summed E-state index contributed by atoms with van der Waals surface area (Å²) in [6.07, 6.45) is 1.32. The summed E-state index contributed by atoms with van der Waals surface area (Å²) in [6.45, 7) is 6.83. The third kappa shape index (κ3) is 7.07. The molecule has 0 radical (unpaired) electrons. The van der Waals surface area contributed by atoms with Crippen molar-refractivity contribution in [1.29, 1.82) is 0 Å². The normalized spacial score (nSPS) is 11.3. The van der Waals surface area contributed by atoms with E-state index in [0.29, 0.717) is 30.1 Å². The number of aryl methyl sites for hydroxylation is 1. The van der Waals surface area contributed by atoms with Crippen LogP contribution in [0.5, 0.6) is 11.5 Å². The van der Waals surface area contributed by atoms with E-state index in [1.807, 2.05) is 36.4 Å².